The largest absolute Gasteiger partial charge is 0.342 e. The van der Waals surface area contributed by atoms with E-state index in [2.05, 4.69) is 18.3 Å². The second-order valence-electron chi connectivity index (χ2n) is 3.44. The van der Waals surface area contributed by atoms with Crippen LogP contribution in [0.3, 0.4) is 0 Å². The minimum atomic E-state index is 0.599. The number of hydrogen-bond donors (Lipinski definition) is 1. The van der Waals surface area contributed by atoms with Gasteiger partial charge in [0.1, 0.15) is 6.54 Å². The van der Waals surface area contributed by atoms with Crippen molar-refractivity contribution >= 4 is 11.6 Å². The number of rotatable bonds is 0. The Morgan fingerprint density at radius 2 is 2.33 bits per heavy atom. The predicted molar refractivity (Wildman–Crippen MR) is 50.4 cm³/mol. The van der Waals surface area contributed by atoms with Gasteiger partial charge in [0.25, 0.3) is 0 Å². The average molecular weight is 183 g/mol. The molecule has 0 saturated heterocycles. The van der Waals surface area contributed by atoms with Crippen LogP contribution in [-0.4, -0.2) is 6.54 Å². The number of quaternary nitrogens is 1. The van der Waals surface area contributed by atoms with Gasteiger partial charge in [-0.15, -0.1) is 0 Å². The van der Waals surface area contributed by atoms with E-state index in [1.807, 2.05) is 12.1 Å². The molecule has 2 heteroatoms. The van der Waals surface area contributed by atoms with E-state index in [9.17, 15) is 0 Å². The molecule has 2 rings (SSSR count). The standard InChI is InChI=1S/C10H12ClN/c1-7-5-12-6-8-3-2-4-9(11)10(7)8/h2-4,7,12H,5-6H2,1H3/p+1. The lowest BCUT2D eigenvalue weighted by molar-refractivity contribution is -0.676. The lowest BCUT2D eigenvalue weighted by Gasteiger charge is -2.21. The van der Waals surface area contributed by atoms with Crippen LogP contribution in [-0.2, 0) is 6.54 Å². The summed E-state index contributed by atoms with van der Waals surface area (Å²) in [5, 5.41) is 3.27. The molecule has 0 spiro atoms. The molecule has 1 aromatic carbocycles. The first kappa shape index (κ1) is 8.09. The van der Waals surface area contributed by atoms with Gasteiger partial charge in [-0.05, 0) is 11.6 Å². The van der Waals surface area contributed by atoms with Crippen molar-refractivity contribution < 1.29 is 5.32 Å². The van der Waals surface area contributed by atoms with Crippen LogP contribution in [0.25, 0.3) is 0 Å². The predicted octanol–water partition coefficient (Wildman–Crippen LogP) is 1.52. The van der Waals surface area contributed by atoms with Crippen LogP contribution in [0.5, 0.6) is 0 Å². The van der Waals surface area contributed by atoms with Crippen LogP contribution in [0.2, 0.25) is 5.02 Å². The van der Waals surface area contributed by atoms with Gasteiger partial charge < -0.3 is 5.32 Å². The third-order valence-electron chi connectivity index (χ3n) is 2.52. The summed E-state index contributed by atoms with van der Waals surface area (Å²) in [5.74, 6) is 0.599. The van der Waals surface area contributed by atoms with Crippen LogP contribution < -0.4 is 5.32 Å². The summed E-state index contributed by atoms with van der Waals surface area (Å²) in [7, 11) is 0. The molecule has 1 atom stereocenters. The maximum absolute atomic E-state index is 6.12. The van der Waals surface area contributed by atoms with Gasteiger partial charge in [0.2, 0.25) is 0 Å². The Kier molecular flexibility index (Phi) is 2.07. The molecule has 64 valence electrons. The lowest BCUT2D eigenvalue weighted by Crippen LogP contribution is -2.85. The summed E-state index contributed by atoms with van der Waals surface area (Å²) in [6, 6.07) is 6.20. The zero-order valence-corrected chi connectivity index (χ0v) is 7.93. The quantitative estimate of drug-likeness (QED) is 0.627. The maximum atomic E-state index is 6.12. The van der Waals surface area contributed by atoms with Gasteiger partial charge >= 0.3 is 0 Å². The van der Waals surface area contributed by atoms with Crippen molar-refractivity contribution in [2.75, 3.05) is 6.54 Å². The van der Waals surface area contributed by atoms with Crippen molar-refractivity contribution in [3.63, 3.8) is 0 Å². The van der Waals surface area contributed by atoms with E-state index in [-0.39, 0.29) is 0 Å². The topological polar surface area (TPSA) is 16.6 Å². The minimum Gasteiger partial charge on any atom is -0.342 e. The molecule has 0 aromatic heterocycles. The van der Waals surface area contributed by atoms with E-state index >= 15 is 0 Å². The van der Waals surface area contributed by atoms with E-state index in [4.69, 9.17) is 11.6 Å². The third kappa shape index (κ3) is 1.23. The smallest absolute Gasteiger partial charge is 0.102 e. The summed E-state index contributed by atoms with van der Waals surface area (Å²) in [6.45, 7) is 4.48. The summed E-state index contributed by atoms with van der Waals surface area (Å²) in [6.07, 6.45) is 0. The number of halogens is 1. The van der Waals surface area contributed by atoms with Crippen molar-refractivity contribution in [1.29, 1.82) is 0 Å². The fraction of sp³-hybridized carbons (Fsp3) is 0.400. The van der Waals surface area contributed by atoms with Gasteiger partial charge in [0.05, 0.1) is 6.54 Å². The highest BCUT2D eigenvalue weighted by atomic mass is 35.5. The lowest BCUT2D eigenvalue weighted by atomic mass is 9.92. The number of benzene rings is 1. The van der Waals surface area contributed by atoms with Crippen LogP contribution in [0, 0.1) is 0 Å². The summed E-state index contributed by atoms with van der Waals surface area (Å²) < 4.78 is 0. The van der Waals surface area contributed by atoms with Crippen molar-refractivity contribution in [2.45, 2.75) is 19.4 Å². The van der Waals surface area contributed by atoms with Gasteiger partial charge in [-0.2, -0.15) is 0 Å². The molecule has 1 aliphatic rings. The first-order valence-corrected chi connectivity index (χ1v) is 4.76. The van der Waals surface area contributed by atoms with E-state index in [1.54, 1.807) is 0 Å². The molecule has 1 aromatic rings. The molecule has 0 saturated carbocycles. The Labute approximate surface area is 77.7 Å². The molecule has 0 amide bonds. The van der Waals surface area contributed by atoms with E-state index < -0.39 is 0 Å². The first-order valence-electron chi connectivity index (χ1n) is 4.38. The summed E-state index contributed by atoms with van der Waals surface area (Å²) >= 11 is 6.12. The molecule has 0 fully saturated rings. The molecule has 2 N–H and O–H groups in total. The number of hydrogen-bond acceptors (Lipinski definition) is 0. The Bertz CT molecular complexity index is 296. The van der Waals surface area contributed by atoms with Crippen molar-refractivity contribution in [3.05, 3.63) is 34.3 Å². The molecular weight excluding hydrogens is 170 g/mol. The minimum absolute atomic E-state index is 0.599. The molecule has 12 heavy (non-hydrogen) atoms. The van der Waals surface area contributed by atoms with Gasteiger partial charge in [0, 0.05) is 16.5 Å². The maximum Gasteiger partial charge on any atom is 0.102 e. The first-order chi connectivity index (χ1) is 5.79. The zero-order valence-electron chi connectivity index (χ0n) is 7.18. The Morgan fingerprint density at radius 3 is 3.08 bits per heavy atom. The van der Waals surface area contributed by atoms with Crippen LogP contribution >= 0.6 is 11.6 Å². The van der Waals surface area contributed by atoms with Crippen molar-refractivity contribution in [3.8, 4) is 0 Å². The highest BCUT2D eigenvalue weighted by molar-refractivity contribution is 6.31. The van der Waals surface area contributed by atoms with E-state index in [0.717, 1.165) is 18.1 Å². The fourth-order valence-electron chi connectivity index (χ4n) is 1.92. The van der Waals surface area contributed by atoms with Gasteiger partial charge in [-0.25, -0.2) is 0 Å². The zero-order chi connectivity index (χ0) is 8.55. The van der Waals surface area contributed by atoms with Gasteiger partial charge in [0.15, 0.2) is 0 Å². The van der Waals surface area contributed by atoms with Crippen LogP contribution in [0.4, 0.5) is 0 Å². The second kappa shape index (κ2) is 3.08. The normalized spacial score (nSPS) is 22.0. The molecule has 0 radical (unpaired) electrons. The van der Waals surface area contributed by atoms with Crippen molar-refractivity contribution in [1.82, 2.24) is 0 Å². The number of nitrogens with two attached hydrogens (primary N) is 1. The van der Waals surface area contributed by atoms with Crippen molar-refractivity contribution in [2.24, 2.45) is 0 Å². The van der Waals surface area contributed by atoms with Gasteiger partial charge in [-0.1, -0.05) is 30.7 Å². The Balaban J connectivity index is 2.53. The fourth-order valence-corrected chi connectivity index (χ4v) is 2.30. The number of fused-ring (bicyclic) bond motifs is 1. The average Bonchev–Trinajstić information content (AvgIpc) is 2.04. The third-order valence-corrected chi connectivity index (χ3v) is 2.85. The molecule has 0 bridgehead atoms. The van der Waals surface area contributed by atoms with Gasteiger partial charge in [-0.3, -0.25) is 0 Å². The Morgan fingerprint density at radius 1 is 1.50 bits per heavy atom. The molecule has 0 aliphatic carbocycles. The summed E-state index contributed by atoms with van der Waals surface area (Å²) in [5.41, 5.74) is 2.77. The highest BCUT2D eigenvalue weighted by Gasteiger charge is 2.20. The molecular formula is C10H13ClN+. The van der Waals surface area contributed by atoms with Crippen LogP contribution in [0.15, 0.2) is 18.2 Å². The highest BCUT2D eigenvalue weighted by Crippen LogP contribution is 2.28. The van der Waals surface area contributed by atoms with Crippen LogP contribution in [0.1, 0.15) is 24.0 Å². The summed E-state index contributed by atoms with van der Waals surface area (Å²) in [4.78, 5) is 0. The van der Waals surface area contributed by atoms with E-state index in [0.29, 0.717) is 5.92 Å². The van der Waals surface area contributed by atoms with E-state index in [1.165, 1.54) is 11.1 Å². The monoisotopic (exact) mass is 182 g/mol. The molecule has 1 unspecified atom stereocenters. The SMILES string of the molecule is CC1C[NH2+]Cc2cccc(Cl)c21. The Hall–Kier alpha value is -0.530. The molecule has 1 aliphatic heterocycles. The molecule has 1 nitrogen and oxygen atoms in total. The molecule has 1 heterocycles. The second-order valence-corrected chi connectivity index (χ2v) is 3.85.